The number of nitrogens with zero attached hydrogens (tertiary/aromatic N) is 4. The summed E-state index contributed by atoms with van der Waals surface area (Å²) in [5, 5.41) is 16.6. The molecule has 3 fully saturated rings. The van der Waals surface area contributed by atoms with Crippen molar-refractivity contribution in [2.45, 2.75) is 58.9 Å². The molecule has 4 aliphatic rings. The van der Waals surface area contributed by atoms with Gasteiger partial charge in [-0.3, -0.25) is 28.8 Å². The number of anilines is 1. The first-order valence-electron chi connectivity index (χ1n) is 16.6. The Bertz CT molecular complexity index is 2160. The number of imide groups is 2. The Morgan fingerprint density at radius 1 is 0.980 bits per heavy atom. The molecule has 4 aromatic rings. The Kier molecular flexibility index (Phi) is 6.92. The molecule has 0 bridgehead atoms. The molecule has 2 aliphatic carbocycles. The minimum Gasteiger partial charge on any atom is -0.508 e. The van der Waals surface area contributed by atoms with Crippen molar-refractivity contribution in [3.05, 3.63) is 76.3 Å². The van der Waals surface area contributed by atoms with E-state index in [-0.39, 0.29) is 35.8 Å². The van der Waals surface area contributed by atoms with Gasteiger partial charge in [0.2, 0.25) is 23.6 Å². The number of benzene rings is 2. The van der Waals surface area contributed by atoms with Gasteiger partial charge < -0.3 is 5.11 Å². The average Bonchev–Trinajstić information content (AvgIpc) is 3.71. The minimum absolute atomic E-state index is 0.0876. The van der Waals surface area contributed by atoms with Crippen LogP contribution in [-0.4, -0.2) is 49.0 Å². The predicted molar refractivity (Wildman–Crippen MR) is 188 cm³/mol. The summed E-state index contributed by atoms with van der Waals surface area (Å²) >= 11 is 7.88. The molecule has 2 aromatic carbocycles. The van der Waals surface area contributed by atoms with Gasteiger partial charge in [0.05, 0.1) is 28.0 Å². The number of rotatable bonds is 3. The van der Waals surface area contributed by atoms with Crippen molar-refractivity contribution in [3.63, 3.8) is 0 Å². The zero-order valence-corrected chi connectivity index (χ0v) is 29.7. The molecule has 4 amide bonds. The van der Waals surface area contributed by atoms with E-state index < -0.39 is 40.5 Å². The SMILES string of the molecule is Cc1c(-c2cc(N3C(=O)[C@@H]4C[C@@H]5C(=CC[C@@H]6C(=O)N(C(C)(C)C)C(=O)[C@@H]65)[C@H](c5ccc(O)cc5)[C@]4(C)C3=O)n(C)n2)sc2ccc(Cl)cc12. The quantitative estimate of drug-likeness (QED) is 0.182. The highest BCUT2D eigenvalue weighted by atomic mass is 35.5. The van der Waals surface area contributed by atoms with Crippen LogP contribution >= 0.6 is 22.9 Å². The molecule has 4 heterocycles. The molecule has 6 atom stereocenters. The highest BCUT2D eigenvalue weighted by molar-refractivity contribution is 7.22. The smallest absolute Gasteiger partial charge is 0.242 e. The van der Waals surface area contributed by atoms with E-state index in [9.17, 15) is 24.3 Å². The third-order valence-corrected chi connectivity index (χ3v) is 12.9. The van der Waals surface area contributed by atoms with E-state index in [1.165, 1.54) is 9.80 Å². The lowest BCUT2D eigenvalue weighted by molar-refractivity contribution is -0.145. The molecule has 1 saturated carbocycles. The molecule has 0 unspecified atom stereocenters. The lowest BCUT2D eigenvalue weighted by atomic mass is 9.51. The molecular formula is C38H37ClN4O5S. The van der Waals surface area contributed by atoms with Gasteiger partial charge in [-0.05, 0) is 100 Å². The zero-order valence-electron chi connectivity index (χ0n) is 28.2. The lowest BCUT2D eigenvalue weighted by Crippen LogP contribution is -2.49. The second-order valence-corrected chi connectivity index (χ2v) is 16.6. The number of carbonyl (C=O) groups excluding carboxylic acids is 4. The van der Waals surface area contributed by atoms with Gasteiger partial charge in [0.1, 0.15) is 17.3 Å². The number of aromatic hydroxyl groups is 1. The van der Waals surface area contributed by atoms with Crippen LogP contribution in [0.1, 0.15) is 57.6 Å². The average molecular weight is 697 g/mol. The van der Waals surface area contributed by atoms with Crippen LogP contribution in [0.5, 0.6) is 5.75 Å². The number of phenols is 1. The van der Waals surface area contributed by atoms with Gasteiger partial charge in [0, 0.05) is 34.3 Å². The molecule has 252 valence electrons. The van der Waals surface area contributed by atoms with E-state index in [0.717, 1.165) is 31.7 Å². The molecule has 2 saturated heterocycles. The van der Waals surface area contributed by atoms with E-state index in [4.69, 9.17) is 16.7 Å². The lowest BCUT2D eigenvalue weighted by Gasteiger charge is -2.49. The Labute approximate surface area is 293 Å². The number of fused-ring (bicyclic) bond motifs is 5. The summed E-state index contributed by atoms with van der Waals surface area (Å²) in [7, 11) is 1.73. The maximum atomic E-state index is 14.9. The van der Waals surface area contributed by atoms with Gasteiger partial charge in [0.15, 0.2) is 0 Å². The number of hydrogen-bond donors (Lipinski definition) is 1. The normalized spacial score (nSPS) is 28.3. The van der Waals surface area contributed by atoms with E-state index in [0.29, 0.717) is 23.0 Å². The van der Waals surface area contributed by atoms with Crippen molar-refractivity contribution >= 4 is 62.5 Å². The van der Waals surface area contributed by atoms with Crippen molar-refractivity contribution in [3.8, 4) is 16.3 Å². The molecule has 9 nitrogen and oxygen atoms in total. The first-order valence-corrected chi connectivity index (χ1v) is 17.8. The number of aromatic nitrogens is 2. The number of halogens is 1. The van der Waals surface area contributed by atoms with E-state index in [2.05, 4.69) is 0 Å². The van der Waals surface area contributed by atoms with Gasteiger partial charge in [-0.25, -0.2) is 4.90 Å². The number of hydrogen-bond acceptors (Lipinski definition) is 7. The fourth-order valence-corrected chi connectivity index (χ4v) is 10.5. The Morgan fingerprint density at radius 2 is 1.69 bits per heavy atom. The Hall–Kier alpha value is -4.28. The fourth-order valence-electron chi connectivity index (χ4n) is 9.16. The highest BCUT2D eigenvalue weighted by Gasteiger charge is 2.68. The molecule has 1 N–H and O–H groups in total. The van der Waals surface area contributed by atoms with Crippen molar-refractivity contribution in [1.82, 2.24) is 14.7 Å². The Balaban J connectivity index is 1.24. The summed E-state index contributed by atoms with van der Waals surface area (Å²) in [5.41, 5.74) is 1.49. The van der Waals surface area contributed by atoms with E-state index in [1.807, 2.05) is 58.9 Å². The van der Waals surface area contributed by atoms with Crippen LogP contribution in [-0.2, 0) is 26.2 Å². The van der Waals surface area contributed by atoms with Crippen LogP contribution in [0.4, 0.5) is 5.82 Å². The number of amides is 4. The van der Waals surface area contributed by atoms with Gasteiger partial charge >= 0.3 is 0 Å². The van der Waals surface area contributed by atoms with Crippen molar-refractivity contribution in [2.24, 2.45) is 36.1 Å². The number of aryl methyl sites for hydroxylation is 2. The molecule has 0 radical (unpaired) electrons. The van der Waals surface area contributed by atoms with Gasteiger partial charge in [0.25, 0.3) is 0 Å². The summed E-state index contributed by atoms with van der Waals surface area (Å²) in [6.45, 7) is 9.46. The van der Waals surface area contributed by atoms with Crippen molar-refractivity contribution < 1.29 is 24.3 Å². The molecule has 49 heavy (non-hydrogen) atoms. The summed E-state index contributed by atoms with van der Waals surface area (Å²) in [6, 6.07) is 14.3. The number of phenolic OH excluding ortho intramolecular Hbond substituents is 1. The minimum atomic E-state index is -1.19. The maximum Gasteiger partial charge on any atom is 0.242 e. The van der Waals surface area contributed by atoms with Crippen LogP contribution in [0, 0.1) is 36.0 Å². The van der Waals surface area contributed by atoms with Crippen LogP contribution in [0.3, 0.4) is 0 Å². The maximum absolute atomic E-state index is 14.9. The molecule has 2 aromatic heterocycles. The fraction of sp³-hybridized carbons (Fsp3) is 0.395. The van der Waals surface area contributed by atoms with Gasteiger partial charge in [-0.1, -0.05) is 35.4 Å². The molecule has 11 heteroatoms. The molecule has 2 aliphatic heterocycles. The predicted octanol–water partition coefficient (Wildman–Crippen LogP) is 7.00. The second-order valence-electron chi connectivity index (χ2n) is 15.1. The third-order valence-electron chi connectivity index (χ3n) is 11.4. The van der Waals surface area contributed by atoms with Crippen molar-refractivity contribution in [2.75, 3.05) is 4.90 Å². The standard InChI is InChI=1S/C38H37ClN4O5S/c1-18-24-15-20(39)9-14-28(24)49-32(18)27-17-29(41(6)40-27)42-34(46)26-16-25-22(12-13-23-30(25)35(47)43(33(23)45)37(2,3)4)31(38(26,5)36(42)48)19-7-10-21(44)11-8-19/h7-12,14-15,17,23,25-26,30-31,44H,13,16H2,1-6H3/t23-,25+,26-,30-,31-,38+/m0/s1. The number of thiophene rings is 1. The molecular weight excluding hydrogens is 660 g/mol. The number of allylic oxidation sites excluding steroid dienone is 2. The summed E-state index contributed by atoms with van der Waals surface area (Å²) in [4.78, 5) is 61.0. The zero-order chi connectivity index (χ0) is 34.9. The number of likely N-dealkylation sites (tertiary alicyclic amines) is 1. The van der Waals surface area contributed by atoms with E-state index >= 15 is 0 Å². The Morgan fingerprint density at radius 3 is 2.39 bits per heavy atom. The molecule has 0 spiro atoms. The topological polar surface area (TPSA) is 113 Å². The van der Waals surface area contributed by atoms with Crippen LogP contribution in [0.2, 0.25) is 5.02 Å². The van der Waals surface area contributed by atoms with Crippen LogP contribution < -0.4 is 4.90 Å². The largest absolute Gasteiger partial charge is 0.508 e. The highest BCUT2D eigenvalue weighted by Crippen LogP contribution is 2.64. The second kappa shape index (κ2) is 10.6. The third kappa shape index (κ3) is 4.39. The van der Waals surface area contributed by atoms with Crippen molar-refractivity contribution in [1.29, 1.82) is 0 Å². The van der Waals surface area contributed by atoms with Crippen LogP contribution in [0.25, 0.3) is 20.7 Å². The van der Waals surface area contributed by atoms with Gasteiger partial charge in [-0.2, -0.15) is 5.10 Å². The van der Waals surface area contributed by atoms with E-state index in [1.54, 1.807) is 53.4 Å². The first-order chi connectivity index (χ1) is 23.1. The van der Waals surface area contributed by atoms with Gasteiger partial charge in [-0.15, -0.1) is 11.3 Å². The summed E-state index contributed by atoms with van der Waals surface area (Å²) in [5.74, 6) is -3.41. The number of carbonyl (C=O) groups is 4. The summed E-state index contributed by atoms with van der Waals surface area (Å²) < 4.78 is 2.65. The molecule has 8 rings (SSSR count). The first kappa shape index (κ1) is 32.0. The van der Waals surface area contributed by atoms with Crippen LogP contribution in [0.15, 0.2) is 60.2 Å². The monoisotopic (exact) mass is 696 g/mol. The summed E-state index contributed by atoms with van der Waals surface area (Å²) in [6.07, 6.45) is 2.71.